The maximum absolute atomic E-state index is 14.1. The number of halogens is 2. The van der Waals surface area contributed by atoms with Gasteiger partial charge in [0, 0.05) is 35.2 Å². The van der Waals surface area contributed by atoms with Gasteiger partial charge in [-0.2, -0.15) is 0 Å². The number of hydrogen-bond donors (Lipinski definition) is 0. The first-order chi connectivity index (χ1) is 10.7. The molecule has 7 heteroatoms. The van der Waals surface area contributed by atoms with Gasteiger partial charge in [-0.05, 0) is 33.8 Å². The smallest absolute Gasteiger partial charge is 0.144 e. The van der Waals surface area contributed by atoms with Crippen molar-refractivity contribution in [1.29, 1.82) is 0 Å². The van der Waals surface area contributed by atoms with Gasteiger partial charge in [0.15, 0.2) is 0 Å². The molecule has 0 spiro atoms. The summed E-state index contributed by atoms with van der Waals surface area (Å²) >= 11 is -1.53. The zero-order valence-electron chi connectivity index (χ0n) is 13.3. The molecule has 0 aliphatic heterocycles. The third-order valence-corrected chi connectivity index (χ3v) is 4.55. The highest BCUT2D eigenvalue weighted by atomic mass is 32.2. The summed E-state index contributed by atoms with van der Waals surface area (Å²) in [6.45, 7) is 6.86. The number of rotatable bonds is 3. The van der Waals surface area contributed by atoms with Crippen molar-refractivity contribution in [1.82, 2.24) is 9.97 Å². The van der Waals surface area contributed by atoms with E-state index in [1.54, 1.807) is 27.7 Å². The summed E-state index contributed by atoms with van der Waals surface area (Å²) in [6.07, 6.45) is 4.20. The van der Waals surface area contributed by atoms with Gasteiger partial charge in [-0.1, -0.05) is 4.40 Å². The summed E-state index contributed by atoms with van der Waals surface area (Å²) < 4.78 is 43.7. The predicted octanol–water partition coefficient (Wildman–Crippen LogP) is 3.69. The van der Waals surface area contributed by atoms with Crippen LogP contribution in [-0.2, 0) is 11.4 Å². The fourth-order valence-corrected chi connectivity index (χ4v) is 2.42. The van der Waals surface area contributed by atoms with Crippen molar-refractivity contribution in [3.05, 3.63) is 48.1 Å². The SMILES string of the molecule is CC(=N[S@+]([O-])C(C)(C)C)c1cc(-c2cncnc2)c(F)cc1F. The Bertz CT molecular complexity index is 730. The second-order valence-electron chi connectivity index (χ2n) is 5.98. The lowest BCUT2D eigenvalue weighted by Crippen LogP contribution is -2.26. The molecule has 1 heterocycles. The largest absolute Gasteiger partial charge is 0.591 e. The molecule has 0 fully saturated rings. The van der Waals surface area contributed by atoms with Crippen LogP contribution in [0.2, 0.25) is 0 Å². The van der Waals surface area contributed by atoms with Crippen LogP contribution >= 0.6 is 0 Å². The maximum atomic E-state index is 14.1. The van der Waals surface area contributed by atoms with Crippen LogP contribution in [0.5, 0.6) is 0 Å². The van der Waals surface area contributed by atoms with E-state index < -0.39 is 27.7 Å². The van der Waals surface area contributed by atoms with Crippen LogP contribution in [-0.4, -0.2) is 25.0 Å². The van der Waals surface area contributed by atoms with Crippen molar-refractivity contribution in [2.75, 3.05) is 0 Å². The molecule has 0 bridgehead atoms. The second-order valence-corrected chi connectivity index (χ2v) is 7.88. The molecular weight excluding hydrogens is 320 g/mol. The van der Waals surface area contributed by atoms with Crippen LogP contribution in [0.3, 0.4) is 0 Å². The van der Waals surface area contributed by atoms with Gasteiger partial charge in [0.1, 0.15) is 34.1 Å². The highest BCUT2D eigenvalue weighted by Crippen LogP contribution is 2.26. The van der Waals surface area contributed by atoms with Gasteiger partial charge < -0.3 is 4.55 Å². The lowest BCUT2D eigenvalue weighted by Gasteiger charge is -2.19. The Morgan fingerprint density at radius 1 is 1.13 bits per heavy atom. The van der Waals surface area contributed by atoms with Gasteiger partial charge in [-0.25, -0.2) is 18.7 Å². The Kier molecular flexibility index (Phi) is 5.11. The summed E-state index contributed by atoms with van der Waals surface area (Å²) in [4.78, 5) is 7.66. The molecule has 0 aliphatic rings. The quantitative estimate of drug-likeness (QED) is 0.634. The maximum Gasteiger partial charge on any atom is 0.144 e. The van der Waals surface area contributed by atoms with Crippen molar-refractivity contribution in [2.24, 2.45) is 4.40 Å². The van der Waals surface area contributed by atoms with Crippen molar-refractivity contribution in [2.45, 2.75) is 32.4 Å². The van der Waals surface area contributed by atoms with Gasteiger partial charge in [0.05, 0.1) is 5.71 Å². The topological polar surface area (TPSA) is 61.2 Å². The highest BCUT2D eigenvalue weighted by molar-refractivity contribution is 7.91. The van der Waals surface area contributed by atoms with Gasteiger partial charge >= 0.3 is 0 Å². The van der Waals surface area contributed by atoms with Crippen molar-refractivity contribution in [3.63, 3.8) is 0 Å². The monoisotopic (exact) mass is 337 g/mol. The van der Waals surface area contributed by atoms with E-state index in [1.807, 2.05) is 0 Å². The zero-order chi connectivity index (χ0) is 17.2. The summed E-state index contributed by atoms with van der Waals surface area (Å²) in [5, 5.41) is 0. The molecule has 0 saturated carbocycles. The van der Waals surface area contributed by atoms with E-state index in [-0.39, 0.29) is 16.8 Å². The summed E-state index contributed by atoms with van der Waals surface area (Å²) in [5.41, 5.74) is 0.936. The van der Waals surface area contributed by atoms with Crippen LogP contribution in [0, 0.1) is 11.6 Å². The molecule has 2 aromatic rings. The molecule has 122 valence electrons. The van der Waals surface area contributed by atoms with Crippen molar-refractivity contribution < 1.29 is 13.3 Å². The number of nitrogens with zero attached hydrogens (tertiary/aromatic N) is 3. The minimum atomic E-state index is -1.53. The fraction of sp³-hybridized carbons (Fsp3) is 0.312. The van der Waals surface area contributed by atoms with E-state index in [9.17, 15) is 13.3 Å². The number of hydrogen-bond acceptors (Lipinski definition) is 4. The average Bonchev–Trinajstić information content (AvgIpc) is 2.47. The molecular formula is C16H17F2N3OS. The van der Waals surface area contributed by atoms with E-state index in [0.29, 0.717) is 5.56 Å². The predicted molar refractivity (Wildman–Crippen MR) is 87.5 cm³/mol. The Morgan fingerprint density at radius 2 is 1.74 bits per heavy atom. The first-order valence-electron chi connectivity index (χ1n) is 6.92. The van der Waals surface area contributed by atoms with Crippen LogP contribution in [0.1, 0.15) is 33.3 Å². The van der Waals surface area contributed by atoms with Crippen LogP contribution in [0.25, 0.3) is 11.1 Å². The summed E-state index contributed by atoms with van der Waals surface area (Å²) in [7, 11) is 0. The highest BCUT2D eigenvalue weighted by Gasteiger charge is 2.27. The number of benzene rings is 1. The lowest BCUT2D eigenvalue weighted by atomic mass is 10.0. The van der Waals surface area contributed by atoms with E-state index >= 15 is 0 Å². The van der Waals surface area contributed by atoms with Crippen LogP contribution in [0.4, 0.5) is 8.78 Å². The number of aromatic nitrogens is 2. The Morgan fingerprint density at radius 3 is 2.30 bits per heavy atom. The third-order valence-electron chi connectivity index (χ3n) is 3.06. The molecule has 0 aliphatic carbocycles. The Hall–Kier alpha value is -1.86. The minimum Gasteiger partial charge on any atom is -0.591 e. The van der Waals surface area contributed by atoms with E-state index in [2.05, 4.69) is 14.4 Å². The minimum absolute atomic E-state index is 0.0999. The molecule has 2 rings (SSSR count). The van der Waals surface area contributed by atoms with E-state index in [1.165, 1.54) is 24.8 Å². The first kappa shape index (κ1) is 17.5. The normalized spacial score (nSPS) is 14.0. The van der Waals surface area contributed by atoms with Gasteiger partial charge in [-0.15, -0.1) is 0 Å². The second kappa shape index (κ2) is 6.72. The molecule has 1 aromatic carbocycles. The van der Waals surface area contributed by atoms with Crippen molar-refractivity contribution >= 4 is 17.1 Å². The molecule has 1 atom stereocenters. The van der Waals surface area contributed by atoms with Crippen molar-refractivity contribution in [3.8, 4) is 11.1 Å². The third kappa shape index (κ3) is 4.11. The Balaban J connectivity index is 2.50. The summed E-state index contributed by atoms with van der Waals surface area (Å²) in [5.74, 6) is -1.47. The molecule has 4 nitrogen and oxygen atoms in total. The van der Waals surface area contributed by atoms with Crippen LogP contribution in [0.15, 0.2) is 35.3 Å². The van der Waals surface area contributed by atoms with Gasteiger partial charge in [0.2, 0.25) is 0 Å². The summed E-state index contributed by atoms with van der Waals surface area (Å²) in [6, 6.07) is 2.12. The molecule has 1 aromatic heterocycles. The van der Waals surface area contributed by atoms with Crippen LogP contribution < -0.4 is 0 Å². The zero-order valence-corrected chi connectivity index (χ0v) is 14.1. The molecule has 23 heavy (non-hydrogen) atoms. The molecule has 0 unspecified atom stereocenters. The molecule has 0 saturated heterocycles. The fourth-order valence-electron chi connectivity index (χ4n) is 1.80. The standard InChI is InChI=1S/C16H17F2N3OS/c1-10(21-23(22)16(2,3)4)12-5-13(15(18)6-14(12)17)11-7-19-9-20-8-11/h5-9H,1-4H3/t23-/m1/s1. The van der Waals surface area contributed by atoms with Gasteiger partial charge in [-0.3, -0.25) is 0 Å². The molecule has 0 N–H and O–H groups in total. The lowest BCUT2D eigenvalue weighted by molar-refractivity contribution is 0.561. The van der Waals surface area contributed by atoms with Gasteiger partial charge in [0.25, 0.3) is 0 Å². The molecule has 0 amide bonds. The first-order valence-corrected chi connectivity index (χ1v) is 8.03. The average molecular weight is 337 g/mol. The Labute approximate surface area is 137 Å². The van der Waals surface area contributed by atoms with E-state index in [0.717, 1.165) is 6.07 Å². The van der Waals surface area contributed by atoms with E-state index in [4.69, 9.17) is 0 Å². The molecule has 0 radical (unpaired) electrons.